The predicted molar refractivity (Wildman–Crippen MR) is 81.2 cm³/mol. The second-order valence-corrected chi connectivity index (χ2v) is 5.75. The van der Waals surface area contributed by atoms with Gasteiger partial charge in [-0.05, 0) is 30.2 Å². The molecule has 0 amide bonds. The van der Waals surface area contributed by atoms with Crippen molar-refractivity contribution in [2.75, 3.05) is 13.1 Å². The van der Waals surface area contributed by atoms with Crippen LogP contribution in [0.15, 0.2) is 51.6 Å². The van der Waals surface area contributed by atoms with Crippen LogP contribution < -0.4 is 0 Å². The van der Waals surface area contributed by atoms with Crippen LogP contribution in [0.2, 0.25) is 0 Å². The Morgan fingerprint density at radius 3 is 2.82 bits per heavy atom. The van der Waals surface area contributed by atoms with Crippen molar-refractivity contribution in [1.82, 2.24) is 15.0 Å². The van der Waals surface area contributed by atoms with Gasteiger partial charge in [-0.3, -0.25) is 4.90 Å². The maximum Gasteiger partial charge on any atom is 0.238 e. The van der Waals surface area contributed by atoms with Crippen molar-refractivity contribution < 1.29 is 8.94 Å². The third kappa shape index (κ3) is 2.44. The molecule has 4 rings (SSSR count). The normalized spacial score (nSPS) is 15.9. The lowest BCUT2D eigenvalue weighted by molar-refractivity contribution is 0.117. The first-order chi connectivity index (χ1) is 10.8. The molecule has 1 aliphatic heterocycles. The average molecular weight is 295 g/mol. The molecule has 112 valence electrons. The molecule has 0 radical (unpaired) electrons. The van der Waals surface area contributed by atoms with Crippen LogP contribution in [0, 0.1) is 6.92 Å². The molecule has 5 heteroatoms. The largest absolute Gasteiger partial charge is 0.461 e. The summed E-state index contributed by atoms with van der Waals surface area (Å²) in [4.78, 5) is 6.83. The van der Waals surface area contributed by atoms with E-state index in [0.717, 1.165) is 19.6 Å². The van der Waals surface area contributed by atoms with Crippen molar-refractivity contribution in [3.63, 3.8) is 0 Å². The molecule has 0 unspecified atom stereocenters. The molecule has 3 aromatic rings. The van der Waals surface area contributed by atoms with Crippen LogP contribution in [0.4, 0.5) is 0 Å². The van der Waals surface area contributed by atoms with E-state index in [0.29, 0.717) is 23.4 Å². The SMILES string of the molecule is Cc1ccccc1CN1CC(c2nc(-c3ccco3)no2)C1. The molecule has 1 aromatic carbocycles. The Bertz CT molecular complexity index is 758. The number of hydrogen-bond donors (Lipinski definition) is 0. The average Bonchev–Trinajstić information content (AvgIpc) is 3.15. The molecule has 5 nitrogen and oxygen atoms in total. The standard InChI is InChI=1S/C17H17N3O2/c1-12-5-2-3-6-13(12)9-20-10-14(11-20)17-18-16(19-22-17)15-7-4-8-21-15/h2-8,14H,9-11H2,1H3. The molecule has 2 aromatic heterocycles. The minimum atomic E-state index is 0.320. The van der Waals surface area contributed by atoms with Crippen molar-refractivity contribution in [3.8, 4) is 11.6 Å². The first-order valence-electron chi connectivity index (χ1n) is 7.44. The lowest BCUT2D eigenvalue weighted by Crippen LogP contribution is -2.44. The van der Waals surface area contributed by atoms with Gasteiger partial charge in [0.15, 0.2) is 5.76 Å². The minimum absolute atomic E-state index is 0.320. The fourth-order valence-electron chi connectivity index (χ4n) is 2.79. The number of aryl methyl sites for hydroxylation is 1. The summed E-state index contributed by atoms with van der Waals surface area (Å²) in [6.45, 7) is 5.03. The third-order valence-electron chi connectivity index (χ3n) is 4.14. The van der Waals surface area contributed by atoms with Crippen LogP contribution in [0.5, 0.6) is 0 Å². The quantitative estimate of drug-likeness (QED) is 0.739. The van der Waals surface area contributed by atoms with Gasteiger partial charge in [-0.1, -0.05) is 29.4 Å². The van der Waals surface area contributed by atoms with Crippen molar-refractivity contribution in [2.24, 2.45) is 0 Å². The maximum atomic E-state index is 5.37. The fourth-order valence-corrected chi connectivity index (χ4v) is 2.79. The monoisotopic (exact) mass is 295 g/mol. The Hall–Kier alpha value is -2.40. The highest BCUT2D eigenvalue weighted by atomic mass is 16.5. The Labute approximate surface area is 128 Å². The van der Waals surface area contributed by atoms with Crippen LogP contribution in [-0.4, -0.2) is 28.1 Å². The van der Waals surface area contributed by atoms with Crippen LogP contribution in [0.3, 0.4) is 0 Å². The Balaban J connectivity index is 1.38. The van der Waals surface area contributed by atoms with E-state index in [2.05, 4.69) is 46.2 Å². The van der Waals surface area contributed by atoms with Gasteiger partial charge in [-0.25, -0.2) is 0 Å². The molecule has 0 aliphatic carbocycles. The van der Waals surface area contributed by atoms with Crippen LogP contribution in [0.1, 0.15) is 22.9 Å². The Kier molecular flexibility index (Phi) is 3.27. The Morgan fingerprint density at radius 1 is 1.18 bits per heavy atom. The fraction of sp³-hybridized carbons (Fsp3) is 0.294. The van der Waals surface area contributed by atoms with Crippen molar-refractivity contribution in [3.05, 3.63) is 59.7 Å². The van der Waals surface area contributed by atoms with Gasteiger partial charge in [-0.2, -0.15) is 4.98 Å². The van der Waals surface area contributed by atoms with E-state index in [9.17, 15) is 0 Å². The molecule has 1 saturated heterocycles. The highest BCUT2D eigenvalue weighted by Gasteiger charge is 2.32. The van der Waals surface area contributed by atoms with E-state index in [4.69, 9.17) is 8.94 Å². The molecule has 3 heterocycles. The summed E-state index contributed by atoms with van der Waals surface area (Å²) in [6.07, 6.45) is 1.61. The number of furan rings is 1. The first-order valence-corrected chi connectivity index (χ1v) is 7.44. The molecule has 0 atom stereocenters. The molecule has 1 aliphatic rings. The number of aromatic nitrogens is 2. The van der Waals surface area contributed by atoms with Crippen molar-refractivity contribution >= 4 is 0 Å². The molecular weight excluding hydrogens is 278 g/mol. The Morgan fingerprint density at radius 2 is 2.05 bits per heavy atom. The van der Waals surface area contributed by atoms with Crippen LogP contribution in [0.25, 0.3) is 11.6 Å². The number of nitrogens with zero attached hydrogens (tertiary/aromatic N) is 3. The summed E-state index contributed by atoms with van der Waals surface area (Å²) >= 11 is 0. The number of hydrogen-bond acceptors (Lipinski definition) is 5. The summed E-state index contributed by atoms with van der Waals surface area (Å²) in [5.41, 5.74) is 2.71. The molecule has 0 bridgehead atoms. The van der Waals surface area contributed by atoms with Gasteiger partial charge in [-0.15, -0.1) is 0 Å². The van der Waals surface area contributed by atoms with E-state index in [1.807, 2.05) is 12.1 Å². The van der Waals surface area contributed by atoms with Gasteiger partial charge in [0.25, 0.3) is 0 Å². The van der Waals surface area contributed by atoms with Crippen molar-refractivity contribution in [1.29, 1.82) is 0 Å². The van der Waals surface area contributed by atoms with Gasteiger partial charge in [0.05, 0.1) is 12.2 Å². The molecule has 1 fully saturated rings. The smallest absolute Gasteiger partial charge is 0.238 e. The van der Waals surface area contributed by atoms with Crippen LogP contribution >= 0.6 is 0 Å². The lowest BCUT2D eigenvalue weighted by Gasteiger charge is -2.37. The zero-order chi connectivity index (χ0) is 14.9. The number of benzene rings is 1. The maximum absolute atomic E-state index is 5.37. The first kappa shape index (κ1) is 13.3. The highest BCUT2D eigenvalue weighted by Crippen LogP contribution is 2.29. The molecule has 0 N–H and O–H groups in total. The highest BCUT2D eigenvalue weighted by molar-refractivity contribution is 5.44. The summed E-state index contributed by atoms with van der Waals surface area (Å²) in [7, 11) is 0. The summed E-state index contributed by atoms with van der Waals surface area (Å²) in [5, 5.41) is 3.99. The third-order valence-corrected chi connectivity index (χ3v) is 4.14. The van der Waals surface area contributed by atoms with E-state index in [-0.39, 0.29) is 0 Å². The minimum Gasteiger partial charge on any atom is -0.461 e. The molecule has 22 heavy (non-hydrogen) atoms. The van der Waals surface area contributed by atoms with Crippen LogP contribution in [-0.2, 0) is 6.54 Å². The zero-order valence-electron chi connectivity index (χ0n) is 12.4. The van der Waals surface area contributed by atoms with E-state index < -0.39 is 0 Å². The van der Waals surface area contributed by atoms with Gasteiger partial charge >= 0.3 is 0 Å². The van der Waals surface area contributed by atoms with E-state index in [1.165, 1.54) is 11.1 Å². The second kappa shape index (κ2) is 5.42. The topological polar surface area (TPSA) is 55.3 Å². The van der Waals surface area contributed by atoms with Gasteiger partial charge in [0, 0.05) is 19.6 Å². The number of rotatable bonds is 4. The summed E-state index contributed by atoms with van der Waals surface area (Å²) in [5.74, 6) is 2.19. The van der Waals surface area contributed by atoms with E-state index >= 15 is 0 Å². The predicted octanol–water partition coefficient (Wildman–Crippen LogP) is 3.24. The molecule has 0 spiro atoms. The number of likely N-dealkylation sites (tertiary alicyclic amines) is 1. The van der Waals surface area contributed by atoms with E-state index in [1.54, 1.807) is 6.26 Å². The molecular formula is C17H17N3O2. The second-order valence-electron chi connectivity index (χ2n) is 5.75. The molecule has 0 saturated carbocycles. The summed E-state index contributed by atoms with van der Waals surface area (Å²) < 4.78 is 10.6. The lowest BCUT2D eigenvalue weighted by atomic mass is 9.98. The summed E-state index contributed by atoms with van der Waals surface area (Å²) in [6, 6.07) is 12.2. The van der Waals surface area contributed by atoms with Gasteiger partial charge in [0.1, 0.15) is 0 Å². The van der Waals surface area contributed by atoms with Gasteiger partial charge in [0.2, 0.25) is 11.7 Å². The van der Waals surface area contributed by atoms with Gasteiger partial charge < -0.3 is 8.94 Å². The van der Waals surface area contributed by atoms with Crippen molar-refractivity contribution in [2.45, 2.75) is 19.4 Å². The zero-order valence-corrected chi connectivity index (χ0v) is 12.4.